The van der Waals surface area contributed by atoms with Crippen LogP contribution in [0.5, 0.6) is 23.0 Å². The Kier molecular flexibility index (Phi) is 8.95. The molecule has 4 heterocycles. The Morgan fingerprint density at radius 2 is 1.18 bits per heavy atom. The van der Waals surface area contributed by atoms with Crippen LogP contribution in [-0.4, -0.2) is 72.6 Å². The highest BCUT2D eigenvalue weighted by molar-refractivity contribution is 6.07. The zero-order valence-electron chi connectivity index (χ0n) is 31.6. The van der Waals surface area contributed by atoms with E-state index in [1.54, 1.807) is 36.2 Å². The van der Waals surface area contributed by atoms with Crippen LogP contribution < -0.4 is 24.7 Å². The molecule has 11 heteroatoms. The largest absolute Gasteiger partial charge is 0.497 e. The van der Waals surface area contributed by atoms with Crippen molar-refractivity contribution in [3.8, 4) is 23.0 Å². The summed E-state index contributed by atoms with van der Waals surface area (Å²) in [6, 6.07) is 22.7. The molecule has 0 saturated heterocycles. The fourth-order valence-electron chi connectivity index (χ4n) is 7.60. The van der Waals surface area contributed by atoms with E-state index in [9.17, 15) is 9.59 Å². The van der Waals surface area contributed by atoms with Gasteiger partial charge in [0.1, 0.15) is 11.5 Å². The highest BCUT2D eigenvalue weighted by atomic mass is 16.5. The van der Waals surface area contributed by atoms with Crippen LogP contribution in [-0.2, 0) is 0 Å². The standard InChI is InChI=1S/C44H43N5O6/c1-27-17-34-36(46-25-43(2)22-31(24-48(43)41(34)50)29-9-13-33(52-4)14-10-29)19-38(27)54-15-6-16-55-40-20-37-35(18-39(40)53-5)42(51)49-23-30(21-44(49,3)26-47-37)28-7-11-32(45)12-8-28/h7-14,17-20,23-26H,6,15-16,21-22,45H2,1-5H3/t43-,44-/m0/s1. The minimum Gasteiger partial charge on any atom is -0.497 e. The molecular formula is C44H43N5O6. The van der Waals surface area contributed by atoms with Crippen LogP contribution >= 0.6 is 0 Å². The predicted octanol–water partition coefficient (Wildman–Crippen LogP) is 8.17. The van der Waals surface area contributed by atoms with Crippen molar-refractivity contribution in [2.75, 3.05) is 33.2 Å². The number of hydrogen-bond donors (Lipinski definition) is 1. The third-order valence-corrected chi connectivity index (χ3v) is 10.8. The van der Waals surface area contributed by atoms with Gasteiger partial charge in [-0.1, -0.05) is 24.3 Å². The van der Waals surface area contributed by atoms with Crippen LogP contribution in [0.2, 0.25) is 0 Å². The van der Waals surface area contributed by atoms with Crippen LogP contribution in [0, 0.1) is 6.92 Å². The summed E-state index contributed by atoms with van der Waals surface area (Å²) < 4.78 is 23.3. The summed E-state index contributed by atoms with van der Waals surface area (Å²) >= 11 is 0. The lowest BCUT2D eigenvalue weighted by Gasteiger charge is -2.29. The molecule has 8 rings (SSSR count). The number of nitrogens with two attached hydrogens (primary N) is 1. The van der Waals surface area contributed by atoms with Crippen LogP contribution in [0.3, 0.4) is 0 Å². The van der Waals surface area contributed by atoms with Gasteiger partial charge in [0.15, 0.2) is 11.5 Å². The van der Waals surface area contributed by atoms with Gasteiger partial charge in [0.05, 0.1) is 61.0 Å². The number of fused-ring (bicyclic) bond motifs is 4. The van der Waals surface area contributed by atoms with Gasteiger partial charge in [-0.25, -0.2) is 0 Å². The molecule has 4 aromatic carbocycles. The van der Waals surface area contributed by atoms with Crippen molar-refractivity contribution in [1.82, 2.24) is 9.80 Å². The van der Waals surface area contributed by atoms with Crippen LogP contribution in [0.4, 0.5) is 17.1 Å². The number of carbonyl (C=O) groups is 2. The fraction of sp³-hybridized carbons (Fsp3) is 0.273. The SMILES string of the molecule is COc1ccc(C2=CN3C(=O)c4cc(C)c(OCCCOc5cc6c(cc5OC)C(=O)N5C=C(c7ccc(N)cc7)C[C@@]5(C)C=N6)cc4N=C[C@]3(C)C2)cc1. The van der Waals surface area contributed by atoms with Gasteiger partial charge in [-0.15, -0.1) is 0 Å². The zero-order chi connectivity index (χ0) is 38.5. The number of methoxy groups -OCH3 is 2. The summed E-state index contributed by atoms with van der Waals surface area (Å²) in [6.45, 7) is 6.67. The summed E-state index contributed by atoms with van der Waals surface area (Å²) in [5.41, 5.74) is 12.4. The van der Waals surface area contributed by atoms with Gasteiger partial charge < -0.3 is 34.5 Å². The number of aryl methyl sites for hydroxylation is 1. The van der Waals surface area contributed by atoms with E-state index in [4.69, 9.17) is 34.7 Å². The maximum atomic E-state index is 13.9. The summed E-state index contributed by atoms with van der Waals surface area (Å²) in [6.07, 6.45) is 9.37. The van der Waals surface area contributed by atoms with Crippen molar-refractivity contribution < 1.29 is 28.5 Å². The Morgan fingerprint density at radius 1 is 0.673 bits per heavy atom. The Hall–Kier alpha value is -6.36. The smallest absolute Gasteiger partial charge is 0.260 e. The monoisotopic (exact) mass is 737 g/mol. The summed E-state index contributed by atoms with van der Waals surface area (Å²) in [5, 5.41) is 0. The molecule has 4 aliphatic heterocycles. The molecule has 0 fully saturated rings. The van der Waals surface area contributed by atoms with Crippen molar-refractivity contribution >= 4 is 52.5 Å². The van der Waals surface area contributed by atoms with Crippen molar-refractivity contribution in [1.29, 1.82) is 0 Å². The average Bonchev–Trinajstić information content (AvgIpc) is 3.68. The topological polar surface area (TPSA) is 128 Å². The van der Waals surface area contributed by atoms with Crippen molar-refractivity contribution in [2.24, 2.45) is 9.98 Å². The molecule has 2 N–H and O–H groups in total. The van der Waals surface area contributed by atoms with E-state index < -0.39 is 11.1 Å². The summed E-state index contributed by atoms with van der Waals surface area (Å²) in [5.74, 6) is 2.11. The first-order valence-electron chi connectivity index (χ1n) is 18.3. The summed E-state index contributed by atoms with van der Waals surface area (Å²) in [7, 11) is 3.20. The molecule has 0 radical (unpaired) electrons. The van der Waals surface area contributed by atoms with Crippen LogP contribution in [0.15, 0.2) is 95.2 Å². The number of hydrogen-bond acceptors (Lipinski definition) is 9. The van der Waals surface area contributed by atoms with Crippen LogP contribution in [0.1, 0.15) is 70.5 Å². The molecule has 0 saturated carbocycles. The number of ether oxygens (including phenoxy) is 4. The van der Waals surface area contributed by atoms with Crippen molar-refractivity contribution in [3.63, 3.8) is 0 Å². The van der Waals surface area contributed by atoms with E-state index in [2.05, 4.69) is 0 Å². The minimum atomic E-state index is -0.627. The molecule has 280 valence electrons. The number of amides is 2. The van der Waals surface area contributed by atoms with Crippen LogP contribution in [0.25, 0.3) is 11.1 Å². The number of aliphatic imine (C=N–C) groups is 2. The Morgan fingerprint density at radius 3 is 1.73 bits per heavy atom. The molecule has 0 bridgehead atoms. The first kappa shape index (κ1) is 35.7. The Labute approximate surface area is 320 Å². The molecule has 11 nitrogen and oxygen atoms in total. The van der Waals surface area contributed by atoms with Gasteiger partial charge in [0.2, 0.25) is 0 Å². The molecule has 2 atom stereocenters. The van der Waals surface area contributed by atoms with Gasteiger partial charge in [-0.3, -0.25) is 19.6 Å². The quantitative estimate of drug-likeness (QED) is 0.129. The normalized spacial score (nSPS) is 20.8. The number of anilines is 1. The van der Waals surface area contributed by atoms with Crippen molar-refractivity contribution in [3.05, 3.63) is 113 Å². The van der Waals surface area contributed by atoms with E-state index >= 15 is 0 Å². The Bertz CT molecular complexity index is 2330. The molecular weight excluding hydrogens is 695 g/mol. The molecule has 4 aliphatic rings. The molecule has 0 unspecified atom stereocenters. The molecule has 55 heavy (non-hydrogen) atoms. The lowest BCUT2D eigenvalue weighted by Crippen LogP contribution is -2.43. The second-order valence-electron chi connectivity index (χ2n) is 14.8. The number of carbonyl (C=O) groups excluding carboxylic acids is 2. The first-order valence-corrected chi connectivity index (χ1v) is 18.3. The molecule has 0 spiro atoms. The second-order valence-corrected chi connectivity index (χ2v) is 14.8. The third-order valence-electron chi connectivity index (χ3n) is 10.8. The highest BCUT2D eigenvalue weighted by Gasteiger charge is 2.43. The molecule has 0 aromatic heterocycles. The lowest BCUT2D eigenvalue weighted by molar-refractivity contribution is 0.0755. The van der Waals surface area contributed by atoms with Crippen molar-refractivity contribution in [2.45, 2.75) is 51.1 Å². The molecule has 2 amide bonds. The van der Waals surface area contributed by atoms with Gasteiger partial charge in [0, 0.05) is 61.9 Å². The van der Waals surface area contributed by atoms with Gasteiger partial charge in [0.25, 0.3) is 11.8 Å². The first-order chi connectivity index (χ1) is 26.5. The third kappa shape index (κ3) is 6.49. The molecule has 4 aromatic rings. The lowest BCUT2D eigenvalue weighted by atomic mass is 9.93. The van der Waals surface area contributed by atoms with Gasteiger partial charge >= 0.3 is 0 Å². The Balaban J connectivity index is 0.918. The fourth-order valence-corrected chi connectivity index (χ4v) is 7.60. The minimum absolute atomic E-state index is 0.101. The molecule has 0 aliphatic carbocycles. The van der Waals surface area contributed by atoms with Gasteiger partial charge in [-0.05, 0) is 85.0 Å². The maximum absolute atomic E-state index is 13.9. The van der Waals surface area contributed by atoms with E-state index in [0.29, 0.717) is 77.9 Å². The maximum Gasteiger partial charge on any atom is 0.260 e. The zero-order valence-corrected chi connectivity index (χ0v) is 31.6. The predicted molar refractivity (Wildman–Crippen MR) is 214 cm³/mol. The van der Waals surface area contributed by atoms with Gasteiger partial charge in [-0.2, -0.15) is 0 Å². The number of nitrogen functional groups attached to an aromatic ring is 1. The number of nitrogens with zero attached hydrogens (tertiary/aromatic N) is 4. The average molecular weight is 738 g/mol. The number of rotatable bonds is 10. The number of benzene rings is 4. The van der Waals surface area contributed by atoms with E-state index in [1.807, 2.05) is 106 Å². The highest BCUT2D eigenvalue weighted by Crippen LogP contribution is 2.44. The second kappa shape index (κ2) is 13.8. The summed E-state index contributed by atoms with van der Waals surface area (Å²) in [4.78, 5) is 40.9. The van der Waals surface area contributed by atoms with E-state index in [0.717, 1.165) is 33.6 Å². The van der Waals surface area contributed by atoms with E-state index in [1.165, 1.54) is 0 Å². The van der Waals surface area contributed by atoms with E-state index in [-0.39, 0.29) is 11.8 Å².